The van der Waals surface area contributed by atoms with Gasteiger partial charge in [0.2, 0.25) is 5.95 Å². The van der Waals surface area contributed by atoms with Gasteiger partial charge in [-0.3, -0.25) is 5.43 Å². The molecule has 0 bridgehead atoms. The van der Waals surface area contributed by atoms with Crippen molar-refractivity contribution in [3.05, 3.63) is 10.9 Å². The van der Waals surface area contributed by atoms with Gasteiger partial charge < -0.3 is 10.1 Å². The Labute approximate surface area is 128 Å². The summed E-state index contributed by atoms with van der Waals surface area (Å²) in [6.45, 7) is 5.04. The van der Waals surface area contributed by atoms with Gasteiger partial charge in [-0.15, -0.1) is 11.3 Å². The highest BCUT2D eigenvalue weighted by Crippen LogP contribution is 2.31. The summed E-state index contributed by atoms with van der Waals surface area (Å²) in [5, 5.41) is 4.63. The second-order valence-corrected chi connectivity index (χ2v) is 6.49. The maximum atomic E-state index is 5.60. The van der Waals surface area contributed by atoms with E-state index in [1.807, 2.05) is 0 Å². The molecule has 0 spiro atoms. The molecule has 1 saturated heterocycles. The second kappa shape index (κ2) is 6.13. The van der Waals surface area contributed by atoms with Crippen molar-refractivity contribution in [2.24, 2.45) is 5.84 Å². The van der Waals surface area contributed by atoms with Gasteiger partial charge in [0.05, 0.1) is 11.5 Å². The van der Waals surface area contributed by atoms with Gasteiger partial charge in [-0.05, 0) is 32.3 Å². The minimum atomic E-state index is 0.286. The number of fused-ring (bicyclic) bond motifs is 1. The summed E-state index contributed by atoms with van der Waals surface area (Å²) in [7, 11) is 0. The lowest BCUT2D eigenvalue weighted by atomic mass is 10.0. The zero-order valence-corrected chi connectivity index (χ0v) is 13.2. The van der Waals surface area contributed by atoms with Crippen LogP contribution in [0.1, 0.15) is 31.6 Å². The summed E-state index contributed by atoms with van der Waals surface area (Å²) in [6, 6.07) is 2.55. The molecule has 3 heterocycles. The van der Waals surface area contributed by atoms with E-state index in [2.05, 4.69) is 40.6 Å². The minimum Gasteiger partial charge on any atom is -0.378 e. The van der Waals surface area contributed by atoms with Crippen molar-refractivity contribution in [3.8, 4) is 0 Å². The van der Waals surface area contributed by atoms with Gasteiger partial charge in [0.1, 0.15) is 10.6 Å². The first-order valence-electron chi connectivity index (χ1n) is 7.34. The molecule has 0 saturated carbocycles. The Balaban J connectivity index is 1.93. The average molecular weight is 307 g/mol. The Morgan fingerprint density at radius 3 is 3.05 bits per heavy atom. The van der Waals surface area contributed by atoms with Crippen LogP contribution >= 0.6 is 11.3 Å². The Hall–Kier alpha value is -1.44. The van der Waals surface area contributed by atoms with E-state index in [0.717, 1.165) is 41.9 Å². The SMILES string of the molecule is CCc1cc2c(NC3CCOC(C)C3)nc(NN)nc2s1. The van der Waals surface area contributed by atoms with Crippen molar-refractivity contribution in [3.63, 3.8) is 0 Å². The predicted octanol–water partition coefficient (Wildman–Crippen LogP) is 2.52. The van der Waals surface area contributed by atoms with Gasteiger partial charge in [0, 0.05) is 17.5 Å². The molecule has 21 heavy (non-hydrogen) atoms. The smallest absolute Gasteiger partial charge is 0.240 e. The molecule has 0 radical (unpaired) electrons. The van der Waals surface area contributed by atoms with Crippen molar-refractivity contribution in [1.29, 1.82) is 0 Å². The summed E-state index contributed by atoms with van der Waals surface area (Å²) in [6.07, 6.45) is 3.27. The van der Waals surface area contributed by atoms with Crippen LogP contribution in [0.25, 0.3) is 10.2 Å². The highest BCUT2D eigenvalue weighted by atomic mass is 32.1. The van der Waals surface area contributed by atoms with Crippen molar-refractivity contribution in [2.75, 3.05) is 17.3 Å². The van der Waals surface area contributed by atoms with Crippen LogP contribution < -0.4 is 16.6 Å². The molecule has 7 heteroatoms. The Morgan fingerprint density at radius 1 is 1.48 bits per heavy atom. The molecule has 2 aromatic heterocycles. The first-order valence-corrected chi connectivity index (χ1v) is 8.16. The molecule has 6 nitrogen and oxygen atoms in total. The number of nitrogen functional groups attached to an aromatic ring is 1. The first kappa shape index (κ1) is 14.5. The third-order valence-electron chi connectivity index (χ3n) is 3.75. The number of hydrogen-bond acceptors (Lipinski definition) is 7. The van der Waals surface area contributed by atoms with E-state index < -0.39 is 0 Å². The van der Waals surface area contributed by atoms with Gasteiger partial charge in [0.25, 0.3) is 0 Å². The largest absolute Gasteiger partial charge is 0.378 e. The topological polar surface area (TPSA) is 85.1 Å². The molecule has 1 fully saturated rings. The van der Waals surface area contributed by atoms with Crippen LogP contribution in [0.15, 0.2) is 6.07 Å². The lowest BCUT2D eigenvalue weighted by Crippen LogP contribution is -2.32. The van der Waals surface area contributed by atoms with Crippen LogP contribution in [0, 0.1) is 0 Å². The predicted molar refractivity (Wildman–Crippen MR) is 86.7 cm³/mol. The van der Waals surface area contributed by atoms with Gasteiger partial charge in [-0.2, -0.15) is 4.98 Å². The second-order valence-electron chi connectivity index (χ2n) is 5.37. The zero-order chi connectivity index (χ0) is 14.8. The highest BCUT2D eigenvalue weighted by molar-refractivity contribution is 7.18. The number of thiophene rings is 1. The molecule has 2 aromatic rings. The number of nitrogens with two attached hydrogens (primary N) is 1. The molecular formula is C14H21N5OS. The average Bonchev–Trinajstić information content (AvgIpc) is 2.90. The van der Waals surface area contributed by atoms with Crippen LogP contribution in [0.4, 0.5) is 11.8 Å². The third kappa shape index (κ3) is 3.09. The van der Waals surface area contributed by atoms with Gasteiger partial charge in [-0.1, -0.05) is 6.92 Å². The van der Waals surface area contributed by atoms with Crippen LogP contribution in [-0.4, -0.2) is 28.7 Å². The van der Waals surface area contributed by atoms with Gasteiger partial charge in [0.15, 0.2) is 0 Å². The minimum absolute atomic E-state index is 0.286. The molecule has 3 rings (SSSR count). The van der Waals surface area contributed by atoms with Crippen molar-refractivity contribution in [1.82, 2.24) is 9.97 Å². The lowest BCUT2D eigenvalue weighted by Gasteiger charge is -2.28. The fourth-order valence-corrected chi connectivity index (χ4v) is 3.61. The molecule has 2 unspecified atom stereocenters. The molecule has 1 aliphatic heterocycles. The van der Waals surface area contributed by atoms with E-state index in [1.54, 1.807) is 11.3 Å². The van der Waals surface area contributed by atoms with Gasteiger partial charge in [-0.25, -0.2) is 10.8 Å². The molecule has 0 aliphatic carbocycles. The number of aromatic nitrogens is 2. The fourth-order valence-electron chi connectivity index (χ4n) is 2.64. The summed E-state index contributed by atoms with van der Waals surface area (Å²) in [5.74, 6) is 6.80. The quantitative estimate of drug-likeness (QED) is 0.594. The highest BCUT2D eigenvalue weighted by Gasteiger charge is 2.21. The lowest BCUT2D eigenvalue weighted by molar-refractivity contribution is 0.0232. The third-order valence-corrected chi connectivity index (χ3v) is 4.92. The summed E-state index contributed by atoms with van der Waals surface area (Å²) in [4.78, 5) is 11.2. The molecular weight excluding hydrogens is 286 g/mol. The number of anilines is 2. The first-order chi connectivity index (χ1) is 10.2. The van der Waals surface area contributed by atoms with Crippen LogP contribution in [0.3, 0.4) is 0 Å². The number of hydrazine groups is 1. The van der Waals surface area contributed by atoms with E-state index in [1.165, 1.54) is 4.88 Å². The Bertz CT molecular complexity index is 629. The van der Waals surface area contributed by atoms with Gasteiger partial charge >= 0.3 is 0 Å². The summed E-state index contributed by atoms with van der Waals surface area (Å²) in [5.41, 5.74) is 2.55. The van der Waals surface area contributed by atoms with E-state index in [9.17, 15) is 0 Å². The van der Waals surface area contributed by atoms with E-state index in [4.69, 9.17) is 10.6 Å². The van der Waals surface area contributed by atoms with Crippen molar-refractivity contribution in [2.45, 2.75) is 45.3 Å². The van der Waals surface area contributed by atoms with Crippen molar-refractivity contribution >= 4 is 33.3 Å². The molecule has 2 atom stereocenters. The van der Waals surface area contributed by atoms with E-state index in [0.29, 0.717) is 12.0 Å². The normalized spacial score (nSPS) is 22.4. The van der Waals surface area contributed by atoms with Crippen LogP contribution in [-0.2, 0) is 11.2 Å². The van der Waals surface area contributed by atoms with Crippen molar-refractivity contribution < 1.29 is 4.74 Å². The standard InChI is InChI=1S/C14H21N5OS/c1-3-10-7-11-12(16-9-4-5-20-8(2)6-9)17-14(19-15)18-13(11)21-10/h7-9H,3-6,15H2,1-2H3,(H2,16,17,18,19). The molecule has 0 amide bonds. The maximum absolute atomic E-state index is 5.60. The Kier molecular flexibility index (Phi) is 4.23. The number of ether oxygens (including phenoxy) is 1. The number of aryl methyl sites for hydroxylation is 1. The Morgan fingerprint density at radius 2 is 2.33 bits per heavy atom. The summed E-state index contributed by atoms with van der Waals surface area (Å²) < 4.78 is 5.60. The number of rotatable bonds is 4. The monoisotopic (exact) mass is 307 g/mol. The van der Waals surface area contributed by atoms with Crippen LogP contribution in [0.2, 0.25) is 0 Å². The fraction of sp³-hybridized carbons (Fsp3) is 0.571. The number of hydrogen-bond donors (Lipinski definition) is 3. The number of nitrogens with zero attached hydrogens (tertiary/aromatic N) is 2. The molecule has 114 valence electrons. The maximum Gasteiger partial charge on any atom is 0.240 e. The van der Waals surface area contributed by atoms with E-state index in [-0.39, 0.29) is 6.10 Å². The zero-order valence-electron chi connectivity index (χ0n) is 12.3. The molecule has 0 aromatic carbocycles. The molecule has 4 N–H and O–H groups in total. The summed E-state index contributed by atoms with van der Waals surface area (Å²) >= 11 is 1.69. The number of nitrogens with one attached hydrogen (secondary N) is 2. The van der Waals surface area contributed by atoms with Crippen LogP contribution in [0.5, 0.6) is 0 Å². The van der Waals surface area contributed by atoms with E-state index >= 15 is 0 Å². The molecule has 1 aliphatic rings.